The van der Waals surface area contributed by atoms with E-state index in [2.05, 4.69) is 16.8 Å². The highest BCUT2D eigenvalue weighted by molar-refractivity contribution is 7.15. The highest BCUT2D eigenvalue weighted by atomic mass is 32.1. The summed E-state index contributed by atoms with van der Waals surface area (Å²) in [5, 5.41) is 19.6. The van der Waals surface area contributed by atoms with Gasteiger partial charge >= 0.3 is 0 Å². The lowest BCUT2D eigenvalue weighted by Crippen LogP contribution is -2.31. The molecule has 4 rings (SSSR count). The molecule has 30 heavy (non-hydrogen) atoms. The van der Waals surface area contributed by atoms with Crippen molar-refractivity contribution in [2.75, 3.05) is 11.5 Å². The van der Waals surface area contributed by atoms with Gasteiger partial charge in [-0.3, -0.25) is 14.5 Å². The molecular formula is C21H17N3O5S. The molecule has 1 aromatic carbocycles. The molecule has 1 amide bonds. The maximum atomic E-state index is 13.1. The number of carbonyl (C=O) groups excluding carboxylic acids is 2. The average molecular weight is 423 g/mol. The molecule has 1 N–H and O–H groups in total. The van der Waals surface area contributed by atoms with Crippen LogP contribution in [0.15, 0.2) is 71.1 Å². The van der Waals surface area contributed by atoms with Crippen LogP contribution in [-0.2, 0) is 4.79 Å². The van der Waals surface area contributed by atoms with Crippen molar-refractivity contribution in [2.24, 2.45) is 0 Å². The van der Waals surface area contributed by atoms with Crippen LogP contribution in [0.25, 0.3) is 0 Å². The lowest BCUT2D eigenvalue weighted by Gasteiger charge is -2.24. The summed E-state index contributed by atoms with van der Waals surface area (Å²) in [6.45, 7) is 5.68. The molecule has 1 aliphatic rings. The van der Waals surface area contributed by atoms with E-state index < -0.39 is 23.5 Å². The van der Waals surface area contributed by atoms with Crippen LogP contribution in [0.5, 0.6) is 5.75 Å². The molecule has 3 aromatic rings. The minimum atomic E-state index is -0.922. The molecule has 2 aromatic heterocycles. The van der Waals surface area contributed by atoms with E-state index >= 15 is 0 Å². The molecule has 0 bridgehead atoms. The first kappa shape index (κ1) is 19.6. The Labute approximate surface area is 175 Å². The number of nitrogens with zero attached hydrogens (tertiary/aromatic N) is 3. The van der Waals surface area contributed by atoms with Gasteiger partial charge in [0.05, 0.1) is 17.9 Å². The van der Waals surface area contributed by atoms with Gasteiger partial charge in [0, 0.05) is 0 Å². The number of benzene rings is 1. The van der Waals surface area contributed by atoms with Gasteiger partial charge in [-0.15, -0.1) is 10.2 Å². The number of aromatic nitrogens is 2. The lowest BCUT2D eigenvalue weighted by molar-refractivity contribution is -0.117. The van der Waals surface area contributed by atoms with Gasteiger partial charge in [0.15, 0.2) is 11.5 Å². The molecule has 0 unspecified atom stereocenters. The van der Waals surface area contributed by atoms with Crippen molar-refractivity contribution in [3.63, 3.8) is 0 Å². The summed E-state index contributed by atoms with van der Waals surface area (Å²) in [6.07, 6.45) is 2.96. The molecule has 1 atom stereocenters. The van der Waals surface area contributed by atoms with Crippen molar-refractivity contribution < 1.29 is 23.8 Å². The molecule has 9 heteroatoms. The molecule has 0 saturated heterocycles. The zero-order valence-corrected chi connectivity index (χ0v) is 16.8. The second-order valence-electron chi connectivity index (χ2n) is 6.42. The third kappa shape index (κ3) is 3.39. The van der Waals surface area contributed by atoms with Gasteiger partial charge in [0.2, 0.25) is 10.9 Å². The number of carbonyl (C=O) groups is 2. The van der Waals surface area contributed by atoms with Gasteiger partial charge in [-0.2, -0.15) is 0 Å². The first-order valence-corrected chi connectivity index (χ1v) is 9.81. The quantitative estimate of drug-likeness (QED) is 0.455. The molecule has 8 nitrogen and oxygen atoms in total. The van der Waals surface area contributed by atoms with E-state index in [1.165, 1.54) is 28.6 Å². The average Bonchev–Trinajstić information content (AvgIpc) is 3.47. The number of aliphatic hydroxyl groups excluding tert-OH is 1. The number of rotatable bonds is 7. The maximum Gasteiger partial charge on any atom is 0.296 e. The number of ether oxygens (including phenoxy) is 1. The minimum absolute atomic E-state index is 0.0173. The van der Waals surface area contributed by atoms with Gasteiger partial charge < -0.3 is 14.3 Å². The lowest BCUT2D eigenvalue weighted by atomic mass is 9.95. The second-order valence-corrected chi connectivity index (χ2v) is 7.58. The highest BCUT2D eigenvalue weighted by Crippen LogP contribution is 2.43. The molecule has 3 heterocycles. The standard InChI is InChI=1S/C21H17N3O5S/c1-3-9-28-14-7-4-6-13(11-14)17-16(18(25)15-8-5-10-29-15)19(26)20(27)24(17)21-23-22-12(2)30-21/h3-8,10-11,17,26H,1,9H2,2H3/t17-/m1/s1. The summed E-state index contributed by atoms with van der Waals surface area (Å²) in [5.74, 6) is -1.42. The number of Topliss-reactive ketones (excluding diaryl/α,β-unsaturated/α-hetero) is 1. The fourth-order valence-electron chi connectivity index (χ4n) is 3.20. The van der Waals surface area contributed by atoms with Gasteiger partial charge in [0.1, 0.15) is 17.4 Å². The SMILES string of the molecule is C=CCOc1cccc([C@@H]2C(C(=O)c3ccco3)=C(O)C(=O)N2c2nnc(C)s2)c1. The molecule has 0 spiro atoms. The molecular weight excluding hydrogens is 406 g/mol. The summed E-state index contributed by atoms with van der Waals surface area (Å²) in [4.78, 5) is 27.4. The van der Waals surface area contributed by atoms with E-state index in [1.54, 1.807) is 43.3 Å². The summed E-state index contributed by atoms with van der Waals surface area (Å²) < 4.78 is 10.8. The monoisotopic (exact) mass is 423 g/mol. The van der Waals surface area contributed by atoms with Crippen LogP contribution in [0.4, 0.5) is 5.13 Å². The highest BCUT2D eigenvalue weighted by Gasteiger charge is 2.46. The Kier molecular flexibility index (Phi) is 5.20. The Morgan fingerprint density at radius 3 is 2.87 bits per heavy atom. The molecule has 0 radical (unpaired) electrons. The van der Waals surface area contributed by atoms with Crippen LogP contribution in [0.2, 0.25) is 0 Å². The van der Waals surface area contributed by atoms with E-state index in [0.717, 1.165) is 0 Å². The Hall–Kier alpha value is -3.72. The Balaban J connectivity index is 1.84. The van der Waals surface area contributed by atoms with Crippen molar-refractivity contribution in [1.29, 1.82) is 0 Å². The normalized spacial score (nSPS) is 16.2. The topological polar surface area (TPSA) is 106 Å². The molecule has 0 aliphatic carbocycles. The van der Waals surface area contributed by atoms with Crippen molar-refractivity contribution in [2.45, 2.75) is 13.0 Å². The van der Waals surface area contributed by atoms with Gasteiger partial charge in [0.25, 0.3) is 5.91 Å². The first-order chi connectivity index (χ1) is 14.5. The minimum Gasteiger partial charge on any atom is -0.503 e. The van der Waals surface area contributed by atoms with Crippen LogP contribution in [0.3, 0.4) is 0 Å². The van der Waals surface area contributed by atoms with Crippen LogP contribution in [-0.4, -0.2) is 33.6 Å². The Bertz CT molecular complexity index is 1150. The van der Waals surface area contributed by atoms with E-state index in [0.29, 0.717) is 22.9 Å². The summed E-state index contributed by atoms with van der Waals surface area (Å²) >= 11 is 1.18. The van der Waals surface area contributed by atoms with Crippen LogP contribution < -0.4 is 9.64 Å². The number of hydrogen-bond acceptors (Lipinski definition) is 8. The van der Waals surface area contributed by atoms with Crippen LogP contribution >= 0.6 is 11.3 Å². The maximum absolute atomic E-state index is 13.1. The number of furan rings is 1. The van der Waals surface area contributed by atoms with Crippen LogP contribution in [0, 0.1) is 6.92 Å². The fraction of sp³-hybridized carbons (Fsp3) is 0.143. The summed E-state index contributed by atoms with van der Waals surface area (Å²) in [7, 11) is 0. The third-order valence-corrected chi connectivity index (χ3v) is 5.30. The Morgan fingerprint density at radius 2 is 2.20 bits per heavy atom. The van der Waals surface area contributed by atoms with Crippen molar-refractivity contribution >= 4 is 28.2 Å². The third-order valence-electron chi connectivity index (χ3n) is 4.46. The summed E-state index contributed by atoms with van der Waals surface area (Å²) in [5.41, 5.74) is 0.473. The first-order valence-electron chi connectivity index (χ1n) is 9.00. The van der Waals surface area contributed by atoms with Crippen molar-refractivity contribution in [1.82, 2.24) is 10.2 Å². The largest absolute Gasteiger partial charge is 0.503 e. The number of amides is 1. The Morgan fingerprint density at radius 1 is 1.37 bits per heavy atom. The zero-order chi connectivity index (χ0) is 21.3. The number of anilines is 1. The summed E-state index contributed by atoms with van der Waals surface area (Å²) in [6, 6.07) is 9.06. The van der Waals surface area contributed by atoms with E-state index in [1.807, 2.05) is 0 Å². The van der Waals surface area contributed by atoms with Gasteiger partial charge in [-0.25, -0.2) is 0 Å². The number of hydrogen-bond donors (Lipinski definition) is 1. The van der Waals surface area contributed by atoms with E-state index in [4.69, 9.17) is 9.15 Å². The molecule has 0 fully saturated rings. The predicted octanol–water partition coefficient (Wildman–Crippen LogP) is 3.79. The van der Waals surface area contributed by atoms with Crippen molar-refractivity contribution in [3.05, 3.63) is 83.0 Å². The smallest absolute Gasteiger partial charge is 0.296 e. The molecule has 0 saturated carbocycles. The van der Waals surface area contributed by atoms with E-state index in [-0.39, 0.29) is 16.5 Å². The number of ketones is 1. The number of aryl methyl sites for hydroxylation is 1. The predicted molar refractivity (Wildman–Crippen MR) is 110 cm³/mol. The van der Waals surface area contributed by atoms with Gasteiger partial charge in [-0.05, 0) is 36.8 Å². The van der Waals surface area contributed by atoms with Crippen LogP contribution in [0.1, 0.15) is 27.2 Å². The fourth-order valence-corrected chi connectivity index (χ4v) is 3.92. The molecule has 152 valence electrons. The molecule has 1 aliphatic heterocycles. The number of aliphatic hydroxyl groups is 1. The van der Waals surface area contributed by atoms with E-state index in [9.17, 15) is 14.7 Å². The van der Waals surface area contributed by atoms with Crippen molar-refractivity contribution in [3.8, 4) is 5.75 Å². The van der Waals surface area contributed by atoms with Gasteiger partial charge in [-0.1, -0.05) is 36.1 Å². The second kappa shape index (κ2) is 7.96. The zero-order valence-electron chi connectivity index (χ0n) is 15.9.